The van der Waals surface area contributed by atoms with Crippen LogP contribution in [0.3, 0.4) is 0 Å². The Morgan fingerprint density at radius 3 is 1.41 bits per heavy atom. The Hall–Kier alpha value is -3.22. The summed E-state index contributed by atoms with van der Waals surface area (Å²) in [5, 5.41) is 23.8. The molecule has 0 fully saturated rings. The molecule has 0 saturated carbocycles. The van der Waals surface area contributed by atoms with Gasteiger partial charge in [0.2, 0.25) is 5.91 Å². The Kier molecular flexibility index (Phi) is 50.2. The first-order valence-electron chi connectivity index (χ1n) is 27.5. The first-order valence-corrected chi connectivity index (χ1v) is 27.5. The first kappa shape index (κ1) is 62.8. The highest BCUT2D eigenvalue weighted by atomic mass is 16.5. The molecular formula is C60H103NO5. The maximum absolute atomic E-state index is 13.2. The van der Waals surface area contributed by atoms with Gasteiger partial charge in [-0.15, -0.1) is 0 Å². The zero-order chi connectivity index (χ0) is 48.1. The molecule has 0 heterocycles. The number of rotatable bonds is 48. The monoisotopic (exact) mass is 918 g/mol. The SMILES string of the molecule is CC\C=C/C=C/C=C/C=C\C=C\C=C\CCCC(CC(=O)NC(CO)C(O)CCCCCCCCCCCCCCCCC)OC(=O)CCCCCCCCC/C=C\C/C=C\CCCCC. The molecule has 0 aromatic rings. The molecule has 3 unspecified atom stereocenters. The van der Waals surface area contributed by atoms with Crippen LogP contribution in [0.2, 0.25) is 0 Å². The predicted molar refractivity (Wildman–Crippen MR) is 287 cm³/mol. The van der Waals surface area contributed by atoms with Crippen LogP contribution in [0.5, 0.6) is 0 Å². The van der Waals surface area contributed by atoms with Gasteiger partial charge in [-0.1, -0.05) is 259 Å². The summed E-state index contributed by atoms with van der Waals surface area (Å²) in [7, 11) is 0. The number of carbonyl (C=O) groups is 2. The normalized spacial score (nSPS) is 14.0. The molecule has 0 aromatic carbocycles. The lowest BCUT2D eigenvalue weighted by Crippen LogP contribution is -2.46. The second kappa shape index (κ2) is 52.7. The van der Waals surface area contributed by atoms with Crippen LogP contribution in [0.1, 0.15) is 245 Å². The molecule has 0 aromatic heterocycles. The van der Waals surface area contributed by atoms with Gasteiger partial charge < -0.3 is 20.3 Å². The molecule has 0 rings (SSSR count). The van der Waals surface area contributed by atoms with Crippen molar-refractivity contribution >= 4 is 11.9 Å². The molecule has 66 heavy (non-hydrogen) atoms. The molecule has 0 spiro atoms. The number of aliphatic hydroxyl groups is 2. The molecule has 378 valence electrons. The fraction of sp³-hybridized carbons (Fsp3) is 0.700. The molecule has 0 aliphatic heterocycles. The molecule has 0 bridgehead atoms. The third-order valence-electron chi connectivity index (χ3n) is 12.1. The maximum Gasteiger partial charge on any atom is 0.306 e. The number of unbranched alkanes of at least 4 members (excludes halogenated alkanes) is 25. The largest absolute Gasteiger partial charge is 0.462 e. The summed E-state index contributed by atoms with van der Waals surface area (Å²) in [5.41, 5.74) is 0. The van der Waals surface area contributed by atoms with Crippen molar-refractivity contribution in [3.8, 4) is 0 Å². The van der Waals surface area contributed by atoms with Gasteiger partial charge in [0.1, 0.15) is 6.10 Å². The second-order valence-corrected chi connectivity index (χ2v) is 18.4. The molecular weight excluding hydrogens is 815 g/mol. The van der Waals surface area contributed by atoms with Gasteiger partial charge in [-0.05, 0) is 70.6 Å². The Morgan fingerprint density at radius 1 is 0.470 bits per heavy atom. The van der Waals surface area contributed by atoms with E-state index in [4.69, 9.17) is 4.74 Å². The van der Waals surface area contributed by atoms with Crippen molar-refractivity contribution in [3.05, 3.63) is 97.2 Å². The van der Waals surface area contributed by atoms with Gasteiger partial charge in [-0.25, -0.2) is 0 Å². The van der Waals surface area contributed by atoms with Gasteiger partial charge in [0.05, 0.1) is 25.2 Å². The lowest BCUT2D eigenvalue weighted by Gasteiger charge is -2.24. The number of ether oxygens (including phenoxy) is 1. The summed E-state index contributed by atoms with van der Waals surface area (Å²) >= 11 is 0. The van der Waals surface area contributed by atoms with Gasteiger partial charge in [0.15, 0.2) is 0 Å². The smallest absolute Gasteiger partial charge is 0.306 e. The maximum atomic E-state index is 13.2. The quantitative estimate of drug-likeness (QED) is 0.0245. The van der Waals surface area contributed by atoms with E-state index in [-0.39, 0.29) is 24.9 Å². The van der Waals surface area contributed by atoms with E-state index in [1.807, 2.05) is 60.8 Å². The number of allylic oxidation sites excluding steroid dienone is 16. The van der Waals surface area contributed by atoms with Crippen LogP contribution < -0.4 is 5.32 Å². The first-order chi connectivity index (χ1) is 32.5. The van der Waals surface area contributed by atoms with Gasteiger partial charge in [-0.3, -0.25) is 9.59 Å². The highest BCUT2D eigenvalue weighted by Gasteiger charge is 2.24. The third kappa shape index (κ3) is 47.3. The molecule has 3 N–H and O–H groups in total. The summed E-state index contributed by atoms with van der Waals surface area (Å²) in [6.07, 6.45) is 70.4. The van der Waals surface area contributed by atoms with Crippen molar-refractivity contribution in [3.63, 3.8) is 0 Å². The fourth-order valence-corrected chi connectivity index (χ4v) is 7.91. The van der Waals surface area contributed by atoms with Crippen LogP contribution in [0.4, 0.5) is 0 Å². The average Bonchev–Trinajstić information content (AvgIpc) is 3.31. The van der Waals surface area contributed by atoms with Gasteiger partial charge in [0.25, 0.3) is 0 Å². The van der Waals surface area contributed by atoms with Crippen LogP contribution in [-0.4, -0.2) is 46.9 Å². The van der Waals surface area contributed by atoms with Crippen LogP contribution in [0.15, 0.2) is 97.2 Å². The summed E-state index contributed by atoms with van der Waals surface area (Å²) in [4.78, 5) is 26.2. The molecule has 1 amide bonds. The van der Waals surface area contributed by atoms with Crippen molar-refractivity contribution in [2.24, 2.45) is 0 Å². The Labute approximate surface area is 407 Å². The summed E-state index contributed by atoms with van der Waals surface area (Å²) in [6, 6.07) is -0.733. The number of nitrogens with one attached hydrogen (secondary N) is 1. The topological polar surface area (TPSA) is 95.9 Å². The molecule has 6 nitrogen and oxygen atoms in total. The minimum absolute atomic E-state index is 0.0187. The number of carbonyl (C=O) groups excluding carboxylic acids is 2. The summed E-state index contributed by atoms with van der Waals surface area (Å²) in [6.45, 7) is 6.30. The Morgan fingerprint density at radius 2 is 0.894 bits per heavy atom. The molecule has 3 atom stereocenters. The van der Waals surface area contributed by atoms with Crippen LogP contribution in [0, 0.1) is 0 Å². The standard InChI is InChI=1S/C60H103NO5/c1-4-7-10-13-16-19-22-25-28-29-32-35-38-41-44-47-50-53-60(65)66-56(51-48-45-42-39-36-33-30-26-23-20-17-14-11-8-5-2)54-59(64)61-57(55-62)58(63)52-49-46-43-40-37-34-31-27-24-21-18-15-12-9-6-3/h8,11,14,16-17,19-20,23,25-26,28,30,33,36,39,42,56-58,62-63H,4-7,9-10,12-13,15,18,21-22,24,27,29,31-32,34-35,37-38,40-41,43-55H2,1-3H3,(H,61,64)/b11-8-,17-14+,19-16-,23-20+,28-25-,30-26-,36-33+,42-39+. The average molecular weight is 918 g/mol. The fourth-order valence-electron chi connectivity index (χ4n) is 7.91. The minimum atomic E-state index is -0.815. The highest BCUT2D eigenvalue weighted by molar-refractivity contribution is 5.77. The summed E-state index contributed by atoms with van der Waals surface area (Å²) < 4.78 is 5.91. The van der Waals surface area contributed by atoms with E-state index in [9.17, 15) is 19.8 Å². The number of amides is 1. The minimum Gasteiger partial charge on any atom is -0.462 e. The van der Waals surface area contributed by atoms with Gasteiger partial charge >= 0.3 is 5.97 Å². The Bertz CT molecular complexity index is 1310. The zero-order valence-electron chi connectivity index (χ0n) is 43.0. The second-order valence-electron chi connectivity index (χ2n) is 18.4. The number of hydrogen-bond donors (Lipinski definition) is 3. The molecule has 6 heteroatoms. The van der Waals surface area contributed by atoms with E-state index in [2.05, 4.69) is 62.5 Å². The van der Waals surface area contributed by atoms with E-state index >= 15 is 0 Å². The molecule has 0 saturated heterocycles. The van der Waals surface area contributed by atoms with Crippen LogP contribution >= 0.6 is 0 Å². The number of hydrogen-bond acceptors (Lipinski definition) is 5. The van der Waals surface area contributed by atoms with Gasteiger partial charge in [-0.2, -0.15) is 0 Å². The van der Waals surface area contributed by atoms with Crippen molar-refractivity contribution in [1.29, 1.82) is 0 Å². The van der Waals surface area contributed by atoms with E-state index in [0.717, 1.165) is 70.6 Å². The number of aliphatic hydroxyl groups excluding tert-OH is 2. The van der Waals surface area contributed by atoms with Crippen molar-refractivity contribution < 1.29 is 24.5 Å². The van der Waals surface area contributed by atoms with E-state index < -0.39 is 18.2 Å². The van der Waals surface area contributed by atoms with Crippen LogP contribution in [-0.2, 0) is 14.3 Å². The predicted octanol–water partition coefficient (Wildman–Crippen LogP) is 16.9. The zero-order valence-corrected chi connectivity index (χ0v) is 43.0. The summed E-state index contributed by atoms with van der Waals surface area (Å²) in [5.74, 6) is -0.561. The third-order valence-corrected chi connectivity index (χ3v) is 12.1. The van der Waals surface area contributed by atoms with Crippen molar-refractivity contribution in [2.75, 3.05) is 6.61 Å². The molecule has 0 radical (unpaired) electrons. The van der Waals surface area contributed by atoms with E-state index in [1.165, 1.54) is 128 Å². The van der Waals surface area contributed by atoms with Crippen LogP contribution in [0.25, 0.3) is 0 Å². The van der Waals surface area contributed by atoms with Gasteiger partial charge in [0, 0.05) is 6.42 Å². The number of esters is 1. The molecule has 0 aliphatic carbocycles. The van der Waals surface area contributed by atoms with E-state index in [1.54, 1.807) is 0 Å². The van der Waals surface area contributed by atoms with Crippen molar-refractivity contribution in [1.82, 2.24) is 5.32 Å². The van der Waals surface area contributed by atoms with Crippen molar-refractivity contribution in [2.45, 2.75) is 264 Å². The Balaban J connectivity index is 4.70. The highest BCUT2D eigenvalue weighted by Crippen LogP contribution is 2.17. The molecule has 0 aliphatic rings. The van der Waals surface area contributed by atoms with E-state index in [0.29, 0.717) is 19.3 Å². The lowest BCUT2D eigenvalue weighted by atomic mass is 10.0. The lowest BCUT2D eigenvalue weighted by molar-refractivity contribution is -0.151.